The zero-order valence-electron chi connectivity index (χ0n) is 11.1. The first-order valence-corrected chi connectivity index (χ1v) is 7.32. The molecule has 0 aromatic carbocycles. The molecule has 0 radical (unpaired) electrons. The Labute approximate surface area is 121 Å². The van der Waals surface area contributed by atoms with Crippen molar-refractivity contribution in [1.82, 2.24) is 5.32 Å². The van der Waals surface area contributed by atoms with Gasteiger partial charge in [-0.05, 0) is 25.8 Å². The molecule has 116 valence electrons. The monoisotopic (exact) mass is 307 g/mol. The smallest absolute Gasteiger partial charge is 0.326 e. The number of nitrogens with two attached hydrogens (primary N) is 2. The minimum absolute atomic E-state index is 0.118. The molecule has 0 aliphatic heterocycles. The van der Waals surface area contributed by atoms with Crippen molar-refractivity contribution >= 4 is 29.6 Å². The summed E-state index contributed by atoms with van der Waals surface area (Å²) >= 11 is 1.01. The Kier molecular flexibility index (Phi) is 9.77. The molecule has 8 nitrogen and oxygen atoms in total. The van der Waals surface area contributed by atoms with Gasteiger partial charge in [-0.25, -0.2) is 4.79 Å². The van der Waals surface area contributed by atoms with Gasteiger partial charge in [-0.1, -0.05) is 0 Å². The number of carboxylic acid groups (broad SMARTS) is 2. The SMILES string of the molecule is NCCCCC(NC(=O)C(N)CSCC(=O)O)C(=O)O. The number of hydrogen-bond acceptors (Lipinski definition) is 6. The van der Waals surface area contributed by atoms with Crippen LogP contribution in [0.5, 0.6) is 0 Å². The molecule has 0 heterocycles. The lowest BCUT2D eigenvalue weighted by atomic mass is 10.1. The van der Waals surface area contributed by atoms with Crippen LogP contribution in [0.25, 0.3) is 0 Å². The Morgan fingerprint density at radius 2 is 1.85 bits per heavy atom. The molecular formula is C11H21N3O5S. The number of rotatable bonds is 11. The van der Waals surface area contributed by atoms with Crippen molar-refractivity contribution in [3.63, 3.8) is 0 Å². The van der Waals surface area contributed by atoms with Crippen molar-refractivity contribution in [3.8, 4) is 0 Å². The predicted molar refractivity (Wildman–Crippen MR) is 75.4 cm³/mol. The third kappa shape index (κ3) is 8.73. The summed E-state index contributed by atoms with van der Waals surface area (Å²) in [5.74, 6) is -2.75. The van der Waals surface area contributed by atoms with Crippen molar-refractivity contribution in [3.05, 3.63) is 0 Å². The molecule has 2 unspecified atom stereocenters. The lowest BCUT2D eigenvalue weighted by Crippen LogP contribution is -2.49. The van der Waals surface area contributed by atoms with Gasteiger partial charge < -0.3 is 27.0 Å². The Morgan fingerprint density at radius 3 is 2.35 bits per heavy atom. The fourth-order valence-corrected chi connectivity index (χ4v) is 2.08. The van der Waals surface area contributed by atoms with Crippen molar-refractivity contribution < 1.29 is 24.6 Å². The summed E-state index contributed by atoms with van der Waals surface area (Å²) in [4.78, 5) is 33.0. The summed E-state index contributed by atoms with van der Waals surface area (Å²) in [5.41, 5.74) is 10.9. The van der Waals surface area contributed by atoms with E-state index in [9.17, 15) is 14.4 Å². The number of thioether (sulfide) groups is 1. The molecule has 0 saturated carbocycles. The van der Waals surface area contributed by atoms with Gasteiger partial charge in [0.15, 0.2) is 0 Å². The maximum absolute atomic E-state index is 11.7. The second-order valence-electron chi connectivity index (χ2n) is 4.20. The van der Waals surface area contributed by atoms with E-state index >= 15 is 0 Å². The lowest BCUT2D eigenvalue weighted by molar-refractivity contribution is -0.142. The van der Waals surface area contributed by atoms with Gasteiger partial charge in [0, 0.05) is 5.75 Å². The molecule has 0 aliphatic rings. The summed E-state index contributed by atoms with van der Waals surface area (Å²) < 4.78 is 0. The van der Waals surface area contributed by atoms with Crippen molar-refractivity contribution in [2.75, 3.05) is 18.1 Å². The fraction of sp³-hybridized carbons (Fsp3) is 0.727. The van der Waals surface area contributed by atoms with Crippen LogP contribution in [0.15, 0.2) is 0 Å². The number of carbonyl (C=O) groups excluding carboxylic acids is 1. The summed E-state index contributed by atoms with van der Waals surface area (Å²) in [5, 5.41) is 19.8. The van der Waals surface area contributed by atoms with Crippen LogP contribution in [0.4, 0.5) is 0 Å². The van der Waals surface area contributed by atoms with Gasteiger partial charge in [0.05, 0.1) is 11.8 Å². The van der Waals surface area contributed by atoms with Crippen LogP contribution < -0.4 is 16.8 Å². The van der Waals surface area contributed by atoms with E-state index in [1.165, 1.54) is 0 Å². The van der Waals surface area contributed by atoms with E-state index in [1.807, 2.05) is 0 Å². The zero-order valence-corrected chi connectivity index (χ0v) is 11.9. The van der Waals surface area contributed by atoms with Crippen molar-refractivity contribution in [2.45, 2.75) is 31.3 Å². The average molecular weight is 307 g/mol. The molecule has 0 saturated heterocycles. The van der Waals surface area contributed by atoms with E-state index in [1.54, 1.807) is 0 Å². The van der Waals surface area contributed by atoms with E-state index in [0.717, 1.165) is 11.8 Å². The van der Waals surface area contributed by atoms with E-state index < -0.39 is 29.9 Å². The molecule has 0 bridgehead atoms. The van der Waals surface area contributed by atoms with E-state index in [0.29, 0.717) is 19.4 Å². The molecule has 20 heavy (non-hydrogen) atoms. The topological polar surface area (TPSA) is 156 Å². The highest BCUT2D eigenvalue weighted by Gasteiger charge is 2.22. The molecule has 0 rings (SSSR count). The number of carbonyl (C=O) groups is 3. The zero-order chi connectivity index (χ0) is 15.5. The van der Waals surface area contributed by atoms with Crippen LogP contribution >= 0.6 is 11.8 Å². The van der Waals surface area contributed by atoms with Crippen LogP contribution in [0, 0.1) is 0 Å². The molecular weight excluding hydrogens is 286 g/mol. The van der Waals surface area contributed by atoms with E-state index in [-0.39, 0.29) is 17.9 Å². The molecule has 2 atom stereocenters. The average Bonchev–Trinajstić information content (AvgIpc) is 2.36. The second-order valence-corrected chi connectivity index (χ2v) is 5.23. The predicted octanol–water partition coefficient (Wildman–Crippen LogP) is -1.17. The van der Waals surface area contributed by atoms with Gasteiger partial charge in [0.1, 0.15) is 6.04 Å². The van der Waals surface area contributed by atoms with Crippen LogP contribution in [0.1, 0.15) is 19.3 Å². The first kappa shape index (κ1) is 18.7. The largest absolute Gasteiger partial charge is 0.481 e. The van der Waals surface area contributed by atoms with Crippen LogP contribution in [-0.4, -0.2) is 58.2 Å². The minimum atomic E-state index is -1.12. The third-order valence-corrected chi connectivity index (χ3v) is 3.47. The molecule has 0 spiro atoms. The number of unbranched alkanes of at least 4 members (excludes halogenated alkanes) is 1. The number of hydrogen-bond donors (Lipinski definition) is 5. The van der Waals surface area contributed by atoms with Gasteiger partial charge in [-0.3, -0.25) is 9.59 Å². The molecule has 0 aliphatic carbocycles. The number of carboxylic acids is 2. The quantitative estimate of drug-likeness (QED) is 0.299. The van der Waals surface area contributed by atoms with Crippen LogP contribution in [0.3, 0.4) is 0 Å². The van der Waals surface area contributed by atoms with Crippen molar-refractivity contribution in [2.24, 2.45) is 11.5 Å². The van der Waals surface area contributed by atoms with Crippen LogP contribution in [-0.2, 0) is 14.4 Å². The Balaban J connectivity index is 4.16. The molecule has 0 aromatic rings. The Morgan fingerprint density at radius 1 is 1.20 bits per heavy atom. The normalized spacial score (nSPS) is 13.5. The molecule has 0 fully saturated rings. The Hall–Kier alpha value is -1.32. The maximum atomic E-state index is 11.7. The van der Waals surface area contributed by atoms with Gasteiger partial charge in [0.25, 0.3) is 0 Å². The summed E-state index contributed by atoms with van der Waals surface area (Å²) in [6.07, 6.45) is 1.56. The molecule has 7 N–H and O–H groups in total. The standard InChI is InChI=1S/C11H21N3O5S/c12-4-2-1-3-8(11(18)19)14-10(17)7(13)5-20-6-9(15)16/h7-8H,1-6,12-13H2,(H,14,17)(H,15,16)(H,18,19). The summed E-state index contributed by atoms with van der Waals surface area (Å²) in [7, 11) is 0. The number of nitrogens with one attached hydrogen (secondary N) is 1. The number of aliphatic carboxylic acids is 2. The summed E-state index contributed by atoms with van der Waals surface area (Å²) in [6, 6.07) is -1.93. The molecule has 0 aromatic heterocycles. The van der Waals surface area contributed by atoms with Gasteiger partial charge in [-0.2, -0.15) is 0 Å². The fourth-order valence-electron chi connectivity index (χ4n) is 1.38. The third-order valence-electron chi connectivity index (χ3n) is 2.42. The number of amides is 1. The van der Waals surface area contributed by atoms with Gasteiger partial charge in [0.2, 0.25) is 5.91 Å². The van der Waals surface area contributed by atoms with E-state index in [2.05, 4.69) is 5.32 Å². The minimum Gasteiger partial charge on any atom is -0.481 e. The van der Waals surface area contributed by atoms with Crippen molar-refractivity contribution in [1.29, 1.82) is 0 Å². The van der Waals surface area contributed by atoms with Crippen LogP contribution in [0.2, 0.25) is 0 Å². The summed E-state index contributed by atoms with van der Waals surface area (Å²) in [6.45, 7) is 0.464. The van der Waals surface area contributed by atoms with Gasteiger partial charge >= 0.3 is 11.9 Å². The van der Waals surface area contributed by atoms with E-state index in [4.69, 9.17) is 21.7 Å². The molecule has 9 heteroatoms. The maximum Gasteiger partial charge on any atom is 0.326 e. The van der Waals surface area contributed by atoms with Gasteiger partial charge in [-0.15, -0.1) is 11.8 Å². The highest BCUT2D eigenvalue weighted by molar-refractivity contribution is 8.00. The Bertz CT molecular complexity index is 340. The second kappa shape index (κ2) is 10.5. The highest BCUT2D eigenvalue weighted by Crippen LogP contribution is 2.04. The highest BCUT2D eigenvalue weighted by atomic mass is 32.2. The first-order valence-electron chi connectivity index (χ1n) is 6.16. The molecule has 1 amide bonds. The first-order chi connectivity index (χ1) is 9.38. The lowest BCUT2D eigenvalue weighted by Gasteiger charge is -2.17.